The van der Waals surface area contributed by atoms with E-state index in [4.69, 9.17) is 4.74 Å². The van der Waals surface area contributed by atoms with E-state index in [2.05, 4.69) is 10.3 Å². The molecule has 0 atom stereocenters. The van der Waals surface area contributed by atoms with Crippen molar-refractivity contribution in [2.75, 3.05) is 13.1 Å². The second-order valence-electron chi connectivity index (χ2n) is 7.82. The monoisotopic (exact) mass is 446 g/mol. The second-order valence-corrected chi connectivity index (χ2v) is 9.75. The van der Waals surface area contributed by atoms with Gasteiger partial charge in [0.05, 0.1) is 17.1 Å². The lowest BCUT2D eigenvalue weighted by Gasteiger charge is -2.37. The Balaban J connectivity index is 1.24. The molecular weight excluding hydrogens is 424 g/mol. The summed E-state index contributed by atoms with van der Waals surface area (Å²) in [6.45, 7) is 2.72. The predicted octanol–water partition coefficient (Wildman–Crippen LogP) is 4.29. The summed E-state index contributed by atoms with van der Waals surface area (Å²) in [7, 11) is -3.57. The summed E-state index contributed by atoms with van der Waals surface area (Å²) in [5.41, 5.74) is 2.85. The molecular formula is C24H22N4O3S. The van der Waals surface area contributed by atoms with E-state index in [1.54, 1.807) is 28.9 Å². The molecule has 4 aromatic rings. The standard InChI is InChI=1S/C24H22N4O3S/c1-18-6-5-9-22(14-18)31-21-10-12-23(13-11-21)32(29,30)27-15-20(16-27)28-17-24(25-26-28)19-7-3-2-4-8-19/h2-14,17,20H,15-16H2,1H3. The molecule has 32 heavy (non-hydrogen) atoms. The quantitative estimate of drug-likeness (QED) is 0.442. The van der Waals surface area contributed by atoms with Gasteiger partial charge in [-0.3, -0.25) is 0 Å². The zero-order valence-corrected chi connectivity index (χ0v) is 18.3. The molecule has 1 aliphatic rings. The van der Waals surface area contributed by atoms with Gasteiger partial charge in [0, 0.05) is 18.7 Å². The van der Waals surface area contributed by atoms with E-state index in [9.17, 15) is 8.42 Å². The van der Waals surface area contributed by atoms with Gasteiger partial charge in [-0.2, -0.15) is 4.31 Å². The Morgan fingerprint density at radius 3 is 2.38 bits per heavy atom. The highest BCUT2D eigenvalue weighted by Crippen LogP contribution is 2.30. The van der Waals surface area contributed by atoms with E-state index in [1.165, 1.54) is 4.31 Å². The summed E-state index contributed by atoms with van der Waals surface area (Å²) in [4.78, 5) is 0.246. The molecule has 2 heterocycles. The lowest BCUT2D eigenvalue weighted by molar-refractivity contribution is 0.189. The molecule has 1 aliphatic heterocycles. The van der Waals surface area contributed by atoms with Crippen molar-refractivity contribution in [2.45, 2.75) is 17.9 Å². The summed E-state index contributed by atoms with van der Waals surface area (Å²) in [6, 6.07) is 24.0. The topological polar surface area (TPSA) is 77.3 Å². The van der Waals surface area contributed by atoms with Crippen molar-refractivity contribution < 1.29 is 13.2 Å². The number of hydrogen-bond acceptors (Lipinski definition) is 5. The van der Waals surface area contributed by atoms with E-state index < -0.39 is 10.0 Å². The van der Waals surface area contributed by atoms with Crippen molar-refractivity contribution in [1.82, 2.24) is 19.3 Å². The molecule has 1 aromatic heterocycles. The van der Waals surface area contributed by atoms with Crippen molar-refractivity contribution in [2.24, 2.45) is 0 Å². The van der Waals surface area contributed by atoms with Crippen molar-refractivity contribution in [3.63, 3.8) is 0 Å². The lowest BCUT2D eigenvalue weighted by atomic mass is 10.1. The normalized spacial score (nSPS) is 14.8. The Labute approximate surface area is 186 Å². The smallest absolute Gasteiger partial charge is 0.243 e. The maximum atomic E-state index is 13.0. The van der Waals surface area contributed by atoms with Crippen molar-refractivity contribution in [3.05, 3.63) is 90.6 Å². The number of aryl methyl sites for hydroxylation is 1. The molecule has 0 spiro atoms. The average Bonchev–Trinajstić information content (AvgIpc) is 3.23. The van der Waals surface area contributed by atoms with Crippen LogP contribution in [0.5, 0.6) is 11.5 Å². The van der Waals surface area contributed by atoms with Gasteiger partial charge < -0.3 is 4.74 Å². The first-order valence-corrected chi connectivity index (χ1v) is 11.7. The fraction of sp³-hybridized carbons (Fsp3) is 0.167. The molecule has 1 fully saturated rings. The van der Waals surface area contributed by atoms with E-state index in [0.29, 0.717) is 24.6 Å². The van der Waals surface area contributed by atoms with Gasteiger partial charge in [-0.15, -0.1) is 5.10 Å². The molecule has 0 aliphatic carbocycles. The highest BCUT2D eigenvalue weighted by atomic mass is 32.2. The van der Waals surface area contributed by atoms with Gasteiger partial charge in [0.25, 0.3) is 0 Å². The van der Waals surface area contributed by atoms with Gasteiger partial charge in [0.15, 0.2) is 0 Å². The number of aromatic nitrogens is 3. The van der Waals surface area contributed by atoms with Gasteiger partial charge in [-0.1, -0.05) is 47.7 Å². The minimum absolute atomic E-state index is 0.0290. The minimum Gasteiger partial charge on any atom is -0.457 e. The first-order valence-electron chi connectivity index (χ1n) is 10.3. The number of sulfonamides is 1. The minimum atomic E-state index is -3.57. The summed E-state index contributed by atoms with van der Waals surface area (Å²) >= 11 is 0. The Morgan fingerprint density at radius 1 is 0.906 bits per heavy atom. The Morgan fingerprint density at radius 2 is 1.66 bits per heavy atom. The zero-order valence-electron chi connectivity index (χ0n) is 17.5. The molecule has 0 amide bonds. The van der Waals surface area contributed by atoms with Gasteiger partial charge in [0.1, 0.15) is 17.2 Å². The summed E-state index contributed by atoms with van der Waals surface area (Å²) in [6.07, 6.45) is 1.86. The third-order valence-electron chi connectivity index (χ3n) is 5.47. The molecule has 0 bridgehead atoms. The van der Waals surface area contributed by atoms with Crippen LogP contribution in [0.3, 0.4) is 0 Å². The summed E-state index contributed by atoms with van der Waals surface area (Å²) < 4.78 is 35.0. The van der Waals surface area contributed by atoms with Crippen LogP contribution in [-0.4, -0.2) is 40.8 Å². The molecule has 0 saturated carbocycles. The van der Waals surface area contributed by atoms with Crippen LogP contribution in [0.2, 0.25) is 0 Å². The zero-order chi connectivity index (χ0) is 22.1. The molecule has 5 rings (SSSR count). The Hall–Kier alpha value is -3.49. The van der Waals surface area contributed by atoms with Crippen molar-refractivity contribution in [1.29, 1.82) is 0 Å². The maximum Gasteiger partial charge on any atom is 0.243 e. The van der Waals surface area contributed by atoms with Crippen LogP contribution in [0.25, 0.3) is 11.3 Å². The maximum absolute atomic E-state index is 13.0. The molecule has 8 heteroatoms. The van der Waals surface area contributed by atoms with Gasteiger partial charge in [0.2, 0.25) is 10.0 Å². The Kier molecular flexibility index (Phi) is 5.24. The second kappa shape index (κ2) is 8.22. The van der Waals surface area contributed by atoms with Crippen LogP contribution < -0.4 is 4.74 Å². The van der Waals surface area contributed by atoms with Gasteiger partial charge in [-0.05, 0) is 48.9 Å². The van der Waals surface area contributed by atoms with Gasteiger partial charge >= 0.3 is 0 Å². The van der Waals surface area contributed by atoms with E-state index in [-0.39, 0.29) is 10.9 Å². The number of hydrogen-bond donors (Lipinski definition) is 0. The van der Waals surface area contributed by atoms with E-state index in [1.807, 2.05) is 67.7 Å². The van der Waals surface area contributed by atoms with Crippen molar-refractivity contribution >= 4 is 10.0 Å². The SMILES string of the molecule is Cc1cccc(Oc2ccc(S(=O)(=O)N3CC(n4cc(-c5ccccc5)nn4)C3)cc2)c1. The van der Waals surface area contributed by atoms with Crippen LogP contribution in [0.4, 0.5) is 0 Å². The molecule has 0 radical (unpaired) electrons. The first-order chi connectivity index (χ1) is 15.5. The molecule has 162 valence electrons. The predicted molar refractivity (Wildman–Crippen MR) is 121 cm³/mol. The number of ether oxygens (including phenoxy) is 1. The third kappa shape index (κ3) is 4.02. The largest absolute Gasteiger partial charge is 0.457 e. The van der Waals surface area contributed by atoms with E-state index >= 15 is 0 Å². The van der Waals surface area contributed by atoms with Crippen LogP contribution in [-0.2, 0) is 10.0 Å². The summed E-state index contributed by atoms with van der Waals surface area (Å²) in [5, 5.41) is 8.41. The average molecular weight is 447 g/mol. The van der Waals surface area contributed by atoms with Crippen LogP contribution in [0.15, 0.2) is 90.0 Å². The van der Waals surface area contributed by atoms with Gasteiger partial charge in [-0.25, -0.2) is 13.1 Å². The molecule has 3 aromatic carbocycles. The lowest BCUT2D eigenvalue weighted by Crippen LogP contribution is -2.50. The third-order valence-corrected chi connectivity index (χ3v) is 7.32. The number of benzene rings is 3. The number of nitrogens with zero attached hydrogens (tertiary/aromatic N) is 4. The van der Waals surface area contributed by atoms with Crippen LogP contribution in [0, 0.1) is 6.92 Å². The highest BCUT2D eigenvalue weighted by molar-refractivity contribution is 7.89. The Bertz CT molecular complexity index is 1330. The fourth-order valence-corrected chi connectivity index (χ4v) is 5.14. The van der Waals surface area contributed by atoms with Crippen molar-refractivity contribution in [3.8, 4) is 22.8 Å². The molecule has 1 saturated heterocycles. The van der Waals surface area contributed by atoms with Crippen LogP contribution >= 0.6 is 0 Å². The fourth-order valence-electron chi connectivity index (χ4n) is 3.62. The highest BCUT2D eigenvalue weighted by Gasteiger charge is 2.38. The first kappa shape index (κ1) is 20.4. The van der Waals surface area contributed by atoms with Crippen LogP contribution in [0.1, 0.15) is 11.6 Å². The van der Waals surface area contributed by atoms with E-state index in [0.717, 1.165) is 16.8 Å². The molecule has 0 N–H and O–H groups in total. The summed E-state index contributed by atoms with van der Waals surface area (Å²) in [5.74, 6) is 1.31. The molecule has 7 nitrogen and oxygen atoms in total. The molecule has 0 unspecified atom stereocenters. The number of rotatable bonds is 6.